The van der Waals surface area contributed by atoms with E-state index in [2.05, 4.69) is 19.1 Å². The fourth-order valence-electron chi connectivity index (χ4n) is 1.80. The first-order valence-electron chi connectivity index (χ1n) is 5.48. The van der Waals surface area contributed by atoms with Crippen LogP contribution in [0.3, 0.4) is 0 Å². The predicted molar refractivity (Wildman–Crippen MR) is 62.5 cm³/mol. The zero-order valence-corrected chi connectivity index (χ0v) is 8.96. The lowest BCUT2D eigenvalue weighted by atomic mass is 10.0. The smallest absolute Gasteiger partial charge is 0.123 e. The van der Waals surface area contributed by atoms with Crippen LogP contribution in [-0.2, 0) is 6.42 Å². The minimum absolute atomic E-state index is 0.163. The first kappa shape index (κ1) is 10.2. The van der Waals surface area contributed by atoms with Crippen molar-refractivity contribution in [2.24, 2.45) is 0 Å². The van der Waals surface area contributed by atoms with E-state index >= 15 is 0 Å². The zero-order chi connectivity index (χ0) is 10.7. The van der Waals surface area contributed by atoms with Crippen molar-refractivity contribution in [3.8, 4) is 0 Å². The maximum Gasteiger partial charge on any atom is 0.123 e. The lowest BCUT2D eigenvalue weighted by molar-refractivity contribution is 0.629. The Bertz CT molecular complexity index is 460. The number of halogens is 1. The third kappa shape index (κ3) is 2.35. The van der Waals surface area contributed by atoms with Crippen molar-refractivity contribution in [1.82, 2.24) is 0 Å². The van der Waals surface area contributed by atoms with Gasteiger partial charge in [0.05, 0.1) is 0 Å². The summed E-state index contributed by atoms with van der Waals surface area (Å²) in [5, 5.41) is 2.11. The maximum absolute atomic E-state index is 12.9. The summed E-state index contributed by atoms with van der Waals surface area (Å²) >= 11 is 0. The van der Waals surface area contributed by atoms with Crippen molar-refractivity contribution in [3.63, 3.8) is 0 Å². The van der Waals surface area contributed by atoms with Crippen molar-refractivity contribution in [2.45, 2.75) is 26.2 Å². The topological polar surface area (TPSA) is 0 Å². The lowest BCUT2D eigenvalue weighted by Crippen LogP contribution is -1.85. The summed E-state index contributed by atoms with van der Waals surface area (Å²) in [6.07, 6.45) is 3.54. The highest BCUT2D eigenvalue weighted by Crippen LogP contribution is 2.18. The van der Waals surface area contributed by atoms with Gasteiger partial charge in [-0.15, -0.1) is 0 Å². The zero-order valence-electron chi connectivity index (χ0n) is 8.96. The molecule has 0 atom stereocenters. The Morgan fingerprint density at radius 2 is 1.73 bits per heavy atom. The van der Waals surface area contributed by atoms with Crippen LogP contribution in [0, 0.1) is 5.82 Å². The normalized spacial score (nSPS) is 10.8. The van der Waals surface area contributed by atoms with Gasteiger partial charge in [0.15, 0.2) is 0 Å². The van der Waals surface area contributed by atoms with E-state index in [1.165, 1.54) is 24.5 Å². The van der Waals surface area contributed by atoms with Gasteiger partial charge in [0, 0.05) is 0 Å². The van der Waals surface area contributed by atoms with E-state index in [1.54, 1.807) is 6.07 Å². The van der Waals surface area contributed by atoms with Crippen molar-refractivity contribution in [3.05, 3.63) is 47.8 Å². The highest BCUT2D eigenvalue weighted by molar-refractivity contribution is 5.83. The fraction of sp³-hybridized carbons (Fsp3) is 0.286. The fourth-order valence-corrected chi connectivity index (χ4v) is 1.80. The number of benzene rings is 2. The second-order valence-corrected chi connectivity index (χ2v) is 3.93. The Labute approximate surface area is 89.7 Å². The number of hydrogen-bond acceptors (Lipinski definition) is 0. The van der Waals surface area contributed by atoms with E-state index in [0.717, 1.165) is 17.2 Å². The predicted octanol–water partition coefficient (Wildman–Crippen LogP) is 4.32. The summed E-state index contributed by atoms with van der Waals surface area (Å²) in [4.78, 5) is 0. The molecule has 0 nitrogen and oxygen atoms in total. The highest BCUT2D eigenvalue weighted by atomic mass is 19.1. The van der Waals surface area contributed by atoms with Crippen LogP contribution in [0.2, 0.25) is 0 Å². The molecule has 0 fully saturated rings. The van der Waals surface area contributed by atoms with Crippen LogP contribution in [0.15, 0.2) is 36.4 Å². The largest absolute Gasteiger partial charge is 0.207 e. The third-order valence-electron chi connectivity index (χ3n) is 2.69. The number of aryl methyl sites for hydroxylation is 1. The Kier molecular flexibility index (Phi) is 3.00. The molecule has 0 aliphatic rings. The molecule has 78 valence electrons. The standard InChI is InChI=1S/C14H15F/c1-2-3-4-11-5-6-13-10-14(15)8-7-12(13)9-11/h5-10H,2-4H2,1H3. The van der Waals surface area contributed by atoms with Crippen LogP contribution in [0.25, 0.3) is 10.8 Å². The minimum atomic E-state index is -0.163. The molecule has 2 aromatic carbocycles. The summed E-state index contributed by atoms with van der Waals surface area (Å²) in [6, 6.07) is 11.2. The molecule has 0 heterocycles. The molecule has 0 aromatic heterocycles. The monoisotopic (exact) mass is 202 g/mol. The van der Waals surface area contributed by atoms with Gasteiger partial charge in [0.2, 0.25) is 0 Å². The van der Waals surface area contributed by atoms with Gasteiger partial charge in [-0.25, -0.2) is 4.39 Å². The van der Waals surface area contributed by atoms with Crippen LogP contribution >= 0.6 is 0 Å². The van der Waals surface area contributed by atoms with Gasteiger partial charge in [0.25, 0.3) is 0 Å². The molecule has 0 spiro atoms. The van der Waals surface area contributed by atoms with Crippen LogP contribution in [0.5, 0.6) is 0 Å². The van der Waals surface area contributed by atoms with E-state index < -0.39 is 0 Å². The first-order chi connectivity index (χ1) is 7.29. The number of fused-ring (bicyclic) bond motifs is 1. The second-order valence-electron chi connectivity index (χ2n) is 3.93. The van der Waals surface area contributed by atoms with E-state index in [9.17, 15) is 4.39 Å². The minimum Gasteiger partial charge on any atom is -0.207 e. The molecular weight excluding hydrogens is 187 g/mol. The lowest BCUT2D eigenvalue weighted by Gasteiger charge is -2.03. The average molecular weight is 202 g/mol. The van der Waals surface area contributed by atoms with Gasteiger partial charge in [0.1, 0.15) is 5.82 Å². The van der Waals surface area contributed by atoms with Gasteiger partial charge in [-0.05, 0) is 41.3 Å². The van der Waals surface area contributed by atoms with Crippen LogP contribution < -0.4 is 0 Å². The Morgan fingerprint density at radius 3 is 2.53 bits per heavy atom. The Hall–Kier alpha value is -1.37. The first-order valence-corrected chi connectivity index (χ1v) is 5.48. The quantitative estimate of drug-likeness (QED) is 0.695. The molecular formula is C14H15F. The van der Waals surface area contributed by atoms with Gasteiger partial charge >= 0.3 is 0 Å². The van der Waals surface area contributed by atoms with Gasteiger partial charge in [-0.1, -0.05) is 37.6 Å². The third-order valence-corrected chi connectivity index (χ3v) is 2.69. The molecule has 2 aromatic rings. The van der Waals surface area contributed by atoms with Crippen LogP contribution in [0.4, 0.5) is 4.39 Å². The molecule has 2 rings (SSSR count). The highest BCUT2D eigenvalue weighted by Gasteiger charge is 1.98. The maximum atomic E-state index is 12.9. The average Bonchev–Trinajstić information content (AvgIpc) is 2.26. The number of unbranched alkanes of at least 4 members (excludes halogenated alkanes) is 1. The molecule has 0 radical (unpaired) electrons. The molecule has 15 heavy (non-hydrogen) atoms. The molecule has 0 bridgehead atoms. The number of hydrogen-bond donors (Lipinski definition) is 0. The molecule has 1 heteroatoms. The molecule has 0 saturated heterocycles. The summed E-state index contributed by atoms with van der Waals surface area (Å²) in [6.45, 7) is 2.19. The molecule has 0 aliphatic carbocycles. The second kappa shape index (κ2) is 4.43. The van der Waals surface area contributed by atoms with Crippen molar-refractivity contribution >= 4 is 10.8 Å². The van der Waals surface area contributed by atoms with Crippen molar-refractivity contribution in [1.29, 1.82) is 0 Å². The van der Waals surface area contributed by atoms with Gasteiger partial charge in [-0.2, -0.15) is 0 Å². The summed E-state index contributed by atoms with van der Waals surface area (Å²) in [5.41, 5.74) is 1.34. The number of rotatable bonds is 3. The Balaban J connectivity index is 2.34. The summed E-state index contributed by atoms with van der Waals surface area (Å²) < 4.78 is 12.9. The van der Waals surface area contributed by atoms with E-state index in [1.807, 2.05) is 12.1 Å². The molecule has 0 amide bonds. The van der Waals surface area contributed by atoms with Gasteiger partial charge in [-0.3, -0.25) is 0 Å². The van der Waals surface area contributed by atoms with E-state index in [4.69, 9.17) is 0 Å². The van der Waals surface area contributed by atoms with E-state index in [-0.39, 0.29) is 5.82 Å². The molecule has 0 aliphatic heterocycles. The summed E-state index contributed by atoms with van der Waals surface area (Å²) in [7, 11) is 0. The van der Waals surface area contributed by atoms with E-state index in [0.29, 0.717) is 0 Å². The molecule has 0 unspecified atom stereocenters. The van der Waals surface area contributed by atoms with Crippen LogP contribution in [0.1, 0.15) is 25.3 Å². The summed E-state index contributed by atoms with van der Waals surface area (Å²) in [5.74, 6) is -0.163. The van der Waals surface area contributed by atoms with Gasteiger partial charge < -0.3 is 0 Å². The molecule has 0 saturated carbocycles. The van der Waals surface area contributed by atoms with Crippen molar-refractivity contribution < 1.29 is 4.39 Å². The Morgan fingerprint density at radius 1 is 1.00 bits per heavy atom. The molecule has 0 N–H and O–H groups in total. The van der Waals surface area contributed by atoms with Crippen LogP contribution in [-0.4, -0.2) is 0 Å². The van der Waals surface area contributed by atoms with Crippen molar-refractivity contribution in [2.75, 3.05) is 0 Å². The SMILES string of the molecule is CCCCc1ccc2cc(F)ccc2c1.